The molecule has 0 unspecified atom stereocenters. The van der Waals surface area contributed by atoms with E-state index in [1.165, 1.54) is 18.6 Å². The van der Waals surface area contributed by atoms with Crippen LogP contribution in [0.1, 0.15) is 49.4 Å². The van der Waals surface area contributed by atoms with Crippen LogP contribution in [0.15, 0.2) is 24.3 Å². The molecule has 0 aliphatic heterocycles. The number of hydrogen-bond acceptors (Lipinski definition) is 3. The highest BCUT2D eigenvalue weighted by molar-refractivity contribution is 5.95. The molecule has 1 fully saturated rings. The highest BCUT2D eigenvalue weighted by Gasteiger charge is 2.22. The fourth-order valence-corrected chi connectivity index (χ4v) is 2.74. The number of amides is 1. The van der Waals surface area contributed by atoms with E-state index in [-0.39, 0.29) is 17.6 Å². The Morgan fingerprint density at radius 3 is 2.65 bits per heavy atom. The van der Waals surface area contributed by atoms with E-state index in [0.717, 1.165) is 31.6 Å². The Morgan fingerprint density at radius 1 is 1.35 bits per heavy atom. The van der Waals surface area contributed by atoms with Gasteiger partial charge in [-0.3, -0.25) is 14.9 Å². The smallest absolute Gasteiger partial charge is 0.270 e. The SMILES string of the molecule is CCC1CCC(NC(=O)c2cccc([N+](=O)[O-])c2)CC1. The van der Waals surface area contributed by atoms with Gasteiger partial charge in [0.1, 0.15) is 0 Å². The van der Waals surface area contributed by atoms with Crippen LogP contribution in [0.4, 0.5) is 5.69 Å². The highest BCUT2D eigenvalue weighted by Crippen LogP contribution is 2.26. The van der Waals surface area contributed by atoms with Gasteiger partial charge in [0.2, 0.25) is 0 Å². The molecule has 0 radical (unpaired) electrons. The van der Waals surface area contributed by atoms with Gasteiger partial charge in [-0.15, -0.1) is 0 Å². The number of nitrogens with zero attached hydrogens (tertiary/aromatic N) is 1. The number of carbonyl (C=O) groups is 1. The van der Waals surface area contributed by atoms with E-state index in [1.54, 1.807) is 12.1 Å². The maximum absolute atomic E-state index is 12.1. The molecule has 1 aliphatic rings. The van der Waals surface area contributed by atoms with Crippen LogP contribution in [0.3, 0.4) is 0 Å². The Balaban J connectivity index is 1.95. The summed E-state index contributed by atoms with van der Waals surface area (Å²) in [5.74, 6) is 0.564. The topological polar surface area (TPSA) is 72.2 Å². The number of non-ortho nitro benzene ring substituents is 1. The molecule has 0 atom stereocenters. The van der Waals surface area contributed by atoms with Crippen molar-refractivity contribution >= 4 is 11.6 Å². The van der Waals surface area contributed by atoms with Gasteiger partial charge < -0.3 is 5.32 Å². The minimum absolute atomic E-state index is 0.0488. The van der Waals surface area contributed by atoms with Gasteiger partial charge in [-0.2, -0.15) is 0 Å². The molecule has 1 aliphatic carbocycles. The van der Waals surface area contributed by atoms with E-state index < -0.39 is 4.92 Å². The van der Waals surface area contributed by atoms with Crippen molar-refractivity contribution in [1.82, 2.24) is 5.32 Å². The van der Waals surface area contributed by atoms with Crippen molar-refractivity contribution in [1.29, 1.82) is 0 Å². The zero-order valence-electron chi connectivity index (χ0n) is 11.7. The van der Waals surface area contributed by atoms with Crippen LogP contribution in [-0.2, 0) is 0 Å². The van der Waals surface area contributed by atoms with Gasteiger partial charge in [0, 0.05) is 23.7 Å². The van der Waals surface area contributed by atoms with Crippen molar-refractivity contribution in [2.75, 3.05) is 0 Å². The number of benzene rings is 1. The molecule has 1 aromatic rings. The van der Waals surface area contributed by atoms with Crippen molar-refractivity contribution in [3.05, 3.63) is 39.9 Å². The summed E-state index contributed by atoms with van der Waals surface area (Å²) in [5.41, 5.74) is 0.309. The van der Waals surface area contributed by atoms with Crippen molar-refractivity contribution < 1.29 is 9.72 Å². The Bertz CT molecular complexity index is 494. The Labute approximate surface area is 118 Å². The minimum atomic E-state index is -0.483. The van der Waals surface area contributed by atoms with Crippen LogP contribution >= 0.6 is 0 Å². The van der Waals surface area contributed by atoms with Crippen LogP contribution in [0.25, 0.3) is 0 Å². The summed E-state index contributed by atoms with van der Waals surface area (Å²) >= 11 is 0. The van der Waals surface area contributed by atoms with Crippen molar-refractivity contribution in [3.63, 3.8) is 0 Å². The van der Waals surface area contributed by atoms with Crippen molar-refractivity contribution in [2.45, 2.75) is 45.1 Å². The number of hydrogen-bond donors (Lipinski definition) is 1. The fourth-order valence-electron chi connectivity index (χ4n) is 2.74. The molecule has 1 saturated carbocycles. The third-order valence-corrected chi connectivity index (χ3v) is 4.08. The van der Waals surface area contributed by atoms with Gasteiger partial charge in [0.25, 0.3) is 11.6 Å². The van der Waals surface area contributed by atoms with Crippen LogP contribution in [0.2, 0.25) is 0 Å². The lowest BCUT2D eigenvalue weighted by molar-refractivity contribution is -0.384. The normalized spacial score (nSPS) is 22.2. The number of rotatable bonds is 4. The monoisotopic (exact) mass is 276 g/mol. The first kappa shape index (κ1) is 14.5. The van der Waals surface area contributed by atoms with E-state index in [4.69, 9.17) is 0 Å². The molecule has 108 valence electrons. The van der Waals surface area contributed by atoms with Gasteiger partial charge >= 0.3 is 0 Å². The zero-order valence-corrected chi connectivity index (χ0v) is 11.7. The van der Waals surface area contributed by atoms with Crippen LogP contribution in [0, 0.1) is 16.0 Å². The fraction of sp³-hybridized carbons (Fsp3) is 0.533. The molecule has 0 bridgehead atoms. The van der Waals surface area contributed by atoms with Crippen LogP contribution in [0.5, 0.6) is 0 Å². The average molecular weight is 276 g/mol. The Morgan fingerprint density at radius 2 is 2.05 bits per heavy atom. The molecule has 0 saturated heterocycles. The molecule has 1 aromatic carbocycles. The lowest BCUT2D eigenvalue weighted by Gasteiger charge is -2.28. The number of nitro groups is 1. The molecule has 5 nitrogen and oxygen atoms in total. The van der Waals surface area contributed by atoms with Gasteiger partial charge in [-0.05, 0) is 37.7 Å². The van der Waals surface area contributed by atoms with E-state index >= 15 is 0 Å². The summed E-state index contributed by atoms with van der Waals surface area (Å²) in [6.45, 7) is 2.20. The third-order valence-electron chi connectivity index (χ3n) is 4.08. The Kier molecular flexibility index (Phi) is 4.71. The predicted octanol–water partition coefficient (Wildman–Crippen LogP) is 3.29. The van der Waals surface area contributed by atoms with Gasteiger partial charge in [-0.1, -0.05) is 19.4 Å². The average Bonchev–Trinajstić information content (AvgIpc) is 2.48. The lowest BCUT2D eigenvalue weighted by Crippen LogP contribution is -2.37. The highest BCUT2D eigenvalue weighted by atomic mass is 16.6. The number of nitro benzene ring substituents is 1. The molecular formula is C15H20N2O3. The summed E-state index contributed by atoms with van der Waals surface area (Å²) in [5, 5.41) is 13.7. The summed E-state index contributed by atoms with van der Waals surface area (Å²) in [7, 11) is 0. The molecule has 0 aromatic heterocycles. The summed E-state index contributed by atoms with van der Waals surface area (Å²) in [4.78, 5) is 22.3. The first-order valence-electron chi connectivity index (χ1n) is 7.15. The first-order chi connectivity index (χ1) is 9.60. The minimum Gasteiger partial charge on any atom is -0.349 e. The molecule has 1 amide bonds. The lowest BCUT2D eigenvalue weighted by atomic mass is 9.84. The Hall–Kier alpha value is -1.91. The first-order valence-corrected chi connectivity index (χ1v) is 7.15. The largest absolute Gasteiger partial charge is 0.349 e. The van der Waals surface area contributed by atoms with E-state index in [0.29, 0.717) is 5.56 Å². The molecule has 1 N–H and O–H groups in total. The molecule has 0 spiro atoms. The maximum atomic E-state index is 12.1. The zero-order chi connectivity index (χ0) is 14.5. The van der Waals surface area contributed by atoms with Crippen molar-refractivity contribution in [2.24, 2.45) is 5.92 Å². The summed E-state index contributed by atoms with van der Waals surface area (Å²) in [6.07, 6.45) is 5.50. The van der Waals surface area contributed by atoms with Crippen molar-refractivity contribution in [3.8, 4) is 0 Å². The van der Waals surface area contributed by atoms with Gasteiger partial charge in [-0.25, -0.2) is 0 Å². The number of nitrogens with one attached hydrogen (secondary N) is 1. The van der Waals surface area contributed by atoms with E-state index in [2.05, 4.69) is 12.2 Å². The third kappa shape index (κ3) is 3.56. The predicted molar refractivity (Wildman–Crippen MR) is 76.6 cm³/mol. The summed E-state index contributed by atoms with van der Waals surface area (Å²) in [6, 6.07) is 6.07. The second kappa shape index (κ2) is 6.50. The molecular weight excluding hydrogens is 256 g/mol. The molecule has 0 heterocycles. The second-order valence-corrected chi connectivity index (χ2v) is 5.41. The number of carbonyl (C=O) groups excluding carboxylic acids is 1. The maximum Gasteiger partial charge on any atom is 0.270 e. The van der Waals surface area contributed by atoms with Gasteiger partial charge in [0.05, 0.1) is 4.92 Å². The molecule has 2 rings (SSSR count). The van der Waals surface area contributed by atoms with Crippen LogP contribution < -0.4 is 5.32 Å². The van der Waals surface area contributed by atoms with Gasteiger partial charge in [0.15, 0.2) is 0 Å². The summed E-state index contributed by atoms with van der Waals surface area (Å²) < 4.78 is 0. The van der Waals surface area contributed by atoms with Crippen LogP contribution in [-0.4, -0.2) is 16.9 Å². The van der Waals surface area contributed by atoms with E-state index in [1.807, 2.05) is 0 Å². The quantitative estimate of drug-likeness (QED) is 0.677. The van der Waals surface area contributed by atoms with E-state index in [9.17, 15) is 14.9 Å². The molecule has 20 heavy (non-hydrogen) atoms. The standard InChI is InChI=1S/C15H20N2O3/c1-2-11-6-8-13(9-7-11)16-15(18)12-4-3-5-14(10-12)17(19)20/h3-5,10-11,13H,2,6-9H2,1H3,(H,16,18). The second-order valence-electron chi connectivity index (χ2n) is 5.41. The molecule has 5 heteroatoms.